The van der Waals surface area contributed by atoms with Crippen LogP contribution in [0.1, 0.15) is 44.1 Å². The monoisotopic (exact) mass is 264 g/mol. The van der Waals surface area contributed by atoms with Crippen LogP contribution in [0.25, 0.3) is 0 Å². The molecule has 0 spiro atoms. The van der Waals surface area contributed by atoms with Gasteiger partial charge in [0.2, 0.25) is 11.8 Å². The van der Waals surface area contributed by atoms with Crippen LogP contribution in [0, 0.1) is 6.92 Å². The van der Waals surface area contributed by atoms with Gasteiger partial charge in [0.15, 0.2) is 0 Å². The van der Waals surface area contributed by atoms with E-state index in [9.17, 15) is 9.59 Å². The Kier molecular flexibility index (Phi) is 3.93. The number of hydrogen-bond donors (Lipinski definition) is 2. The van der Waals surface area contributed by atoms with E-state index >= 15 is 0 Å². The van der Waals surface area contributed by atoms with Gasteiger partial charge in [0, 0.05) is 6.42 Å². The molecule has 1 fully saturated rings. The van der Waals surface area contributed by atoms with E-state index in [1.54, 1.807) is 6.92 Å². The first kappa shape index (κ1) is 13.6. The molecule has 2 heterocycles. The maximum Gasteiger partial charge on any atom is 0.245 e. The van der Waals surface area contributed by atoms with Crippen molar-refractivity contribution >= 4 is 11.8 Å². The summed E-state index contributed by atoms with van der Waals surface area (Å²) >= 11 is 0. The number of carbonyl (C=O) groups is 2. The van der Waals surface area contributed by atoms with E-state index in [0.29, 0.717) is 19.4 Å². The van der Waals surface area contributed by atoms with E-state index in [0.717, 1.165) is 24.4 Å². The third-order valence-corrected chi connectivity index (χ3v) is 3.47. The SMILES string of the molecule is Cc1ccc(CNC(=O)C2(C)CCCCC(=O)N2)o1. The Labute approximate surface area is 112 Å². The van der Waals surface area contributed by atoms with Crippen LogP contribution in [0.5, 0.6) is 0 Å². The number of hydrogen-bond acceptors (Lipinski definition) is 3. The summed E-state index contributed by atoms with van der Waals surface area (Å²) < 4.78 is 5.40. The Bertz CT molecular complexity index is 481. The largest absolute Gasteiger partial charge is 0.465 e. The summed E-state index contributed by atoms with van der Waals surface area (Å²) in [5.41, 5.74) is -0.810. The molecule has 2 amide bonds. The molecule has 0 saturated carbocycles. The van der Waals surface area contributed by atoms with Gasteiger partial charge in [0.05, 0.1) is 6.54 Å². The van der Waals surface area contributed by atoms with Gasteiger partial charge in [-0.3, -0.25) is 9.59 Å². The molecular weight excluding hydrogens is 244 g/mol. The standard InChI is InChI=1S/C14H20N2O3/c1-10-6-7-11(19-10)9-15-13(18)14(2)8-4-3-5-12(17)16-14/h6-7H,3-5,8-9H2,1-2H3,(H,15,18)(H,16,17). The highest BCUT2D eigenvalue weighted by molar-refractivity contribution is 5.91. The summed E-state index contributed by atoms with van der Waals surface area (Å²) in [6, 6.07) is 3.69. The molecule has 0 aliphatic carbocycles. The zero-order valence-electron chi connectivity index (χ0n) is 11.4. The number of rotatable bonds is 3. The number of nitrogens with one attached hydrogen (secondary N) is 2. The zero-order valence-corrected chi connectivity index (χ0v) is 11.4. The van der Waals surface area contributed by atoms with E-state index in [4.69, 9.17) is 4.42 Å². The van der Waals surface area contributed by atoms with Gasteiger partial charge in [-0.15, -0.1) is 0 Å². The predicted octanol–water partition coefficient (Wildman–Crippen LogP) is 1.65. The van der Waals surface area contributed by atoms with Crippen molar-refractivity contribution in [1.82, 2.24) is 10.6 Å². The number of amides is 2. The molecule has 1 atom stereocenters. The Morgan fingerprint density at radius 2 is 2.26 bits per heavy atom. The van der Waals surface area contributed by atoms with Crippen molar-refractivity contribution in [2.45, 2.75) is 51.6 Å². The third kappa shape index (κ3) is 3.36. The molecule has 5 heteroatoms. The minimum absolute atomic E-state index is 0.0519. The van der Waals surface area contributed by atoms with E-state index in [-0.39, 0.29) is 11.8 Å². The van der Waals surface area contributed by atoms with Gasteiger partial charge in [-0.25, -0.2) is 0 Å². The second-order valence-electron chi connectivity index (χ2n) is 5.28. The van der Waals surface area contributed by atoms with Crippen LogP contribution in [0.2, 0.25) is 0 Å². The van der Waals surface area contributed by atoms with Crippen LogP contribution in [-0.4, -0.2) is 17.4 Å². The summed E-state index contributed by atoms with van der Waals surface area (Å²) in [7, 11) is 0. The maximum atomic E-state index is 12.2. The van der Waals surface area contributed by atoms with Gasteiger partial charge in [0.1, 0.15) is 17.1 Å². The Morgan fingerprint density at radius 3 is 2.95 bits per heavy atom. The smallest absolute Gasteiger partial charge is 0.245 e. The highest BCUT2D eigenvalue weighted by Crippen LogP contribution is 2.19. The zero-order chi connectivity index (χ0) is 13.9. The summed E-state index contributed by atoms with van der Waals surface area (Å²) in [6.45, 7) is 3.98. The quantitative estimate of drug-likeness (QED) is 0.872. The molecule has 0 bridgehead atoms. The lowest BCUT2D eigenvalue weighted by Gasteiger charge is -2.27. The number of aryl methyl sites for hydroxylation is 1. The van der Waals surface area contributed by atoms with Crippen molar-refractivity contribution < 1.29 is 14.0 Å². The van der Waals surface area contributed by atoms with Gasteiger partial charge in [-0.05, 0) is 38.8 Å². The molecule has 1 aromatic rings. The van der Waals surface area contributed by atoms with Crippen LogP contribution < -0.4 is 10.6 Å². The maximum absolute atomic E-state index is 12.2. The van der Waals surface area contributed by atoms with E-state index in [1.165, 1.54) is 0 Å². The highest BCUT2D eigenvalue weighted by atomic mass is 16.3. The molecule has 1 aliphatic rings. The molecule has 2 N–H and O–H groups in total. The fourth-order valence-corrected chi connectivity index (χ4v) is 2.31. The normalized spacial score (nSPS) is 23.6. The minimum atomic E-state index is -0.810. The molecule has 19 heavy (non-hydrogen) atoms. The molecule has 1 aromatic heterocycles. The molecule has 1 saturated heterocycles. The van der Waals surface area contributed by atoms with Crippen molar-refractivity contribution in [2.24, 2.45) is 0 Å². The van der Waals surface area contributed by atoms with Gasteiger partial charge in [-0.2, -0.15) is 0 Å². The molecule has 0 radical (unpaired) electrons. The lowest BCUT2D eigenvalue weighted by molar-refractivity contribution is -0.132. The van der Waals surface area contributed by atoms with Crippen molar-refractivity contribution in [3.8, 4) is 0 Å². The van der Waals surface area contributed by atoms with Gasteiger partial charge in [0.25, 0.3) is 0 Å². The van der Waals surface area contributed by atoms with Gasteiger partial charge in [-0.1, -0.05) is 6.42 Å². The second-order valence-corrected chi connectivity index (χ2v) is 5.28. The first-order valence-electron chi connectivity index (χ1n) is 6.64. The van der Waals surface area contributed by atoms with E-state index < -0.39 is 5.54 Å². The molecule has 2 rings (SSSR count). The summed E-state index contributed by atoms with van der Waals surface area (Å²) in [4.78, 5) is 23.8. The molecule has 1 aliphatic heterocycles. The van der Waals surface area contributed by atoms with Crippen molar-refractivity contribution in [3.63, 3.8) is 0 Å². The lowest BCUT2D eigenvalue weighted by Crippen LogP contribution is -2.55. The molecule has 104 valence electrons. The number of carbonyl (C=O) groups excluding carboxylic acids is 2. The molecule has 1 unspecified atom stereocenters. The van der Waals surface area contributed by atoms with E-state index in [1.807, 2.05) is 19.1 Å². The Morgan fingerprint density at radius 1 is 1.47 bits per heavy atom. The van der Waals surface area contributed by atoms with Crippen molar-refractivity contribution in [1.29, 1.82) is 0 Å². The molecule has 0 aromatic carbocycles. The van der Waals surface area contributed by atoms with Crippen LogP contribution >= 0.6 is 0 Å². The fraction of sp³-hybridized carbons (Fsp3) is 0.571. The first-order chi connectivity index (χ1) is 8.99. The Balaban J connectivity index is 1.95. The van der Waals surface area contributed by atoms with Crippen LogP contribution in [0.4, 0.5) is 0 Å². The first-order valence-corrected chi connectivity index (χ1v) is 6.64. The molecule has 5 nitrogen and oxygen atoms in total. The van der Waals surface area contributed by atoms with Crippen LogP contribution in [0.3, 0.4) is 0 Å². The third-order valence-electron chi connectivity index (χ3n) is 3.47. The Hall–Kier alpha value is -1.78. The summed E-state index contributed by atoms with van der Waals surface area (Å²) in [6.07, 6.45) is 2.89. The van der Waals surface area contributed by atoms with E-state index in [2.05, 4.69) is 10.6 Å². The topological polar surface area (TPSA) is 71.3 Å². The van der Waals surface area contributed by atoms with Gasteiger partial charge < -0.3 is 15.1 Å². The van der Waals surface area contributed by atoms with Crippen molar-refractivity contribution in [2.75, 3.05) is 0 Å². The predicted molar refractivity (Wildman–Crippen MR) is 70.3 cm³/mol. The average molecular weight is 264 g/mol. The minimum Gasteiger partial charge on any atom is -0.465 e. The summed E-state index contributed by atoms with van der Waals surface area (Å²) in [5.74, 6) is 1.33. The van der Waals surface area contributed by atoms with Gasteiger partial charge >= 0.3 is 0 Å². The molecular formula is C14H20N2O3. The van der Waals surface area contributed by atoms with Crippen molar-refractivity contribution in [3.05, 3.63) is 23.7 Å². The van der Waals surface area contributed by atoms with Crippen LogP contribution in [-0.2, 0) is 16.1 Å². The fourth-order valence-electron chi connectivity index (χ4n) is 2.31. The number of furan rings is 1. The second kappa shape index (κ2) is 5.47. The van der Waals surface area contributed by atoms with Crippen LogP contribution in [0.15, 0.2) is 16.5 Å². The summed E-state index contributed by atoms with van der Waals surface area (Å²) in [5, 5.41) is 5.64. The average Bonchev–Trinajstić information content (AvgIpc) is 2.68. The highest BCUT2D eigenvalue weighted by Gasteiger charge is 2.35. The lowest BCUT2D eigenvalue weighted by atomic mass is 9.95.